The normalized spacial score (nSPS) is 10.8. The zero-order chi connectivity index (χ0) is 12.8. The maximum absolute atomic E-state index is 4.16. The van der Waals surface area contributed by atoms with E-state index in [2.05, 4.69) is 47.7 Å². The molecule has 0 saturated heterocycles. The number of aromatic nitrogens is 2. The number of benzene rings is 1. The van der Waals surface area contributed by atoms with E-state index in [0.717, 1.165) is 25.9 Å². The summed E-state index contributed by atoms with van der Waals surface area (Å²) in [4.78, 5) is 0. The molecule has 3 nitrogen and oxygen atoms in total. The smallest absolute Gasteiger partial charge is 0.0492 e. The first-order valence-corrected chi connectivity index (χ1v) is 6.49. The Morgan fingerprint density at radius 2 is 1.89 bits per heavy atom. The van der Waals surface area contributed by atoms with E-state index < -0.39 is 0 Å². The predicted molar refractivity (Wildman–Crippen MR) is 74.7 cm³/mol. The molecule has 0 bridgehead atoms. The fourth-order valence-electron chi connectivity index (χ4n) is 2.10. The van der Waals surface area contributed by atoms with Crippen LogP contribution in [0.4, 0.5) is 0 Å². The average Bonchev–Trinajstić information content (AvgIpc) is 2.77. The number of rotatable bonds is 6. The molecule has 0 unspecified atom stereocenters. The van der Waals surface area contributed by atoms with Crippen LogP contribution in [0.15, 0.2) is 36.5 Å². The second-order valence-electron chi connectivity index (χ2n) is 4.62. The van der Waals surface area contributed by atoms with Crippen LogP contribution in [0.25, 0.3) is 0 Å². The second kappa shape index (κ2) is 6.36. The Kier molecular flexibility index (Phi) is 4.53. The molecule has 1 heterocycles. The van der Waals surface area contributed by atoms with Crippen LogP contribution in [-0.2, 0) is 19.9 Å². The van der Waals surface area contributed by atoms with E-state index in [1.165, 1.54) is 16.8 Å². The van der Waals surface area contributed by atoms with E-state index in [-0.39, 0.29) is 0 Å². The SMILES string of the molecule is Cc1ccccc1CCNCCc1ccnn1C. The van der Waals surface area contributed by atoms with Gasteiger partial charge in [-0.15, -0.1) is 0 Å². The molecule has 2 aromatic rings. The zero-order valence-electron chi connectivity index (χ0n) is 11.2. The first-order chi connectivity index (χ1) is 8.77. The number of nitrogens with zero attached hydrogens (tertiary/aromatic N) is 2. The summed E-state index contributed by atoms with van der Waals surface area (Å²) in [5, 5.41) is 7.65. The third-order valence-corrected chi connectivity index (χ3v) is 3.31. The van der Waals surface area contributed by atoms with Crippen molar-refractivity contribution >= 4 is 0 Å². The summed E-state index contributed by atoms with van der Waals surface area (Å²) >= 11 is 0. The molecule has 3 heteroatoms. The standard InChI is InChI=1S/C15H21N3/c1-13-5-3-4-6-14(13)7-10-16-11-8-15-9-12-17-18(15)2/h3-6,9,12,16H,7-8,10-11H2,1-2H3. The van der Waals surface area contributed by atoms with Gasteiger partial charge >= 0.3 is 0 Å². The molecule has 18 heavy (non-hydrogen) atoms. The van der Waals surface area contributed by atoms with Crippen LogP contribution >= 0.6 is 0 Å². The van der Waals surface area contributed by atoms with Gasteiger partial charge in [0.25, 0.3) is 0 Å². The van der Waals surface area contributed by atoms with Gasteiger partial charge in [-0.1, -0.05) is 24.3 Å². The van der Waals surface area contributed by atoms with Gasteiger partial charge in [-0.05, 0) is 37.1 Å². The van der Waals surface area contributed by atoms with Crippen LogP contribution in [-0.4, -0.2) is 22.9 Å². The maximum Gasteiger partial charge on any atom is 0.0492 e. The summed E-state index contributed by atoms with van der Waals surface area (Å²) in [7, 11) is 1.99. The Hall–Kier alpha value is -1.61. The number of hydrogen-bond donors (Lipinski definition) is 1. The molecule has 0 radical (unpaired) electrons. The van der Waals surface area contributed by atoms with Crippen LogP contribution in [0.1, 0.15) is 16.8 Å². The highest BCUT2D eigenvalue weighted by Gasteiger charge is 1.99. The van der Waals surface area contributed by atoms with Gasteiger partial charge in [0.15, 0.2) is 0 Å². The minimum atomic E-state index is 1.01. The molecule has 0 aliphatic rings. The van der Waals surface area contributed by atoms with Gasteiger partial charge < -0.3 is 5.32 Å². The molecular formula is C15H21N3. The molecule has 0 aliphatic carbocycles. The summed E-state index contributed by atoms with van der Waals surface area (Å²) < 4.78 is 1.93. The van der Waals surface area contributed by atoms with E-state index in [9.17, 15) is 0 Å². The lowest BCUT2D eigenvalue weighted by Crippen LogP contribution is -2.21. The Morgan fingerprint density at radius 1 is 1.11 bits per heavy atom. The van der Waals surface area contributed by atoms with Crippen molar-refractivity contribution in [2.45, 2.75) is 19.8 Å². The summed E-state index contributed by atoms with van der Waals surface area (Å²) in [5.41, 5.74) is 4.09. The van der Waals surface area contributed by atoms with Crippen LogP contribution in [0.3, 0.4) is 0 Å². The highest BCUT2D eigenvalue weighted by Crippen LogP contribution is 2.06. The lowest BCUT2D eigenvalue weighted by atomic mass is 10.1. The van der Waals surface area contributed by atoms with Gasteiger partial charge in [0.05, 0.1) is 0 Å². The van der Waals surface area contributed by atoms with Gasteiger partial charge in [0, 0.05) is 31.9 Å². The largest absolute Gasteiger partial charge is 0.316 e. The maximum atomic E-state index is 4.16. The lowest BCUT2D eigenvalue weighted by Gasteiger charge is -2.07. The fraction of sp³-hybridized carbons (Fsp3) is 0.400. The first-order valence-electron chi connectivity index (χ1n) is 6.49. The molecule has 0 atom stereocenters. The molecule has 1 aromatic heterocycles. The summed E-state index contributed by atoms with van der Waals surface area (Å²) in [6.07, 6.45) is 3.98. The molecule has 2 rings (SSSR count). The summed E-state index contributed by atoms with van der Waals surface area (Å²) in [6, 6.07) is 10.7. The quantitative estimate of drug-likeness (QED) is 0.787. The van der Waals surface area contributed by atoms with Gasteiger partial charge in [-0.3, -0.25) is 4.68 Å². The van der Waals surface area contributed by atoms with E-state index in [1.807, 2.05) is 17.9 Å². The van der Waals surface area contributed by atoms with Crippen molar-refractivity contribution in [3.05, 3.63) is 53.3 Å². The number of nitrogens with one attached hydrogen (secondary N) is 1. The van der Waals surface area contributed by atoms with Gasteiger partial charge in [-0.25, -0.2) is 0 Å². The molecule has 0 saturated carbocycles. The molecule has 1 N–H and O–H groups in total. The second-order valence-corrected chi connectivity index (χ2v) is 4.62. The van der Waals surface area contributed by atoms with Crippen molar-refractivity contribution in [2.75, 3.05) is 13.1 Å². The van der Waals surface area contributed by atoms with E-state index in [4.69, 9.17) is 0 Å². The van der Waals surface area contributed by atoms with Crippen molar-refractivity contribution in [3.63, 3.8) is 0 Å². The monoisotopic (exact) mass is 243 g/mol. The molecule has 0 aliphatic heterocycles. The average molecular weight is 243 g/mol. The molecule has 0 spiro atoms. The highest BCUT2D eigenvalue weighted by molar-refractivity contribution is 5.25. The zero-order valence-corrected chi connectivity index (χ0v) is 11.2. The van der Waals surface area contributed by atoms with Crippen molar-refractivity contribution < 1.29 is 0 Å². The van der Waals surface area contributed by atoms with Crippen LogP contribution in [0, 0.1) is 6.92 Å². The third kappa shape index (κ3) is 3.44. The first kappa shape index (κ1) is 12.8. The predicted octanol–water partition coefficient (Wildman–Crippen LogP) is 2.10. The molecule has 1 aromatic carbocycles. The lowest BCUT2D eigenvalue weighted by molar-refractivity contribution is 0.641. The van der Waals surface area contributed by atoms with Gasteiger partial charge in [0.1, 0.15) is 0 Å². The minimum Gasteiger partial charge on any atom is -0.316 e. The van der Waals surface area contributed by atoms with Gasteiger partial charge in [0.2, 0.25) is 0 Å². The van der Waals surface area contributed by atoms with Gasteiger partial charge in [-0.2, -0.15) is 5.10 Å². The van der Waals surface area contributed by atoms with Crippen LogP contribution in [0.2, 0.25) is 0 Å². The topological polar surface area (TPSA) is 29.9 Å². The molecular weight excluding hydrogens is 222 g/mol. The molecule has 96 valence electrons. The van der Waals surface area contributed by atoms with Crippen molar-refractivity contribution in [2.24, 2.45) is 7.05 Å². The minimum absolute atomic E-state index is 1.01. The van der Waals surface area contributed by atoms with Crippen LogP contribution in [0.5, 0.6) is 0 Å². The number of aryl methyl sites for hydroxylation is 2. The summed E-state index contributed by atoms with van der Waals surface area (Å²) in [6.45, 7) is 4.21. The summed E-state index contributed by atoms with van der Waals surface area (Å²) in [5.74, 6) is 0. The molecule has 0 fully saturated rings. The highest BCUT2D eigenvalue weighted by atomic mass is 15.3. The molecule has 0 amide bonds. The van der Waals surface area contributed by atoms with Crippen molar-refractivity contribution in [3.8, 4) is 0 Å². The Morgan fingerprint density at radius 3 is 2.61 bits per heavy atom. The Labute approximate surface area is 109 Å². The van der Waals surface area contributed by atoms with Crippen molar-refractivity contribution in [1.29, 1.82) is 0 Å². The Bertz CT molecular complexity index is 488. The van der Waals surface area contributed by atoms with Crippen LogP contribution < -0.4 is 5.32 Å². The fourth-order valence-corrected chi connectivity index (χ4v) is 2.10. The van der Waals surface area contributed by atoms with Crippen molar-refractivity contribution in [1.82, 2.24) is 15.1 Å². The Balaban J connectivity index is 1.68. The van der Waals surface area contributed by atoms with E-state index >= 15 is 0 Å². The van der Waals surface area contributed by atoms with E-state index in [0.29, 0.717) is 0 Å². The third-order valence-electron chi connectivity index (χ3n) is 3.31. The number of hydrogen-bond acceptors (Lipinski definition) is 2. The van der Waals surface area contributed by atoms with E-state index in [1.54, 1.807) is 0 Å².